The van der Waals surface area contributed by atoms with Crippen LogP contribution in [0.1, 0.15) is 36.3 Å². The van der Waals surface area contributed by atoms with E-state index in [-0.39, 0.29) is 6.04 Å². The third-order valence-electron chi connectivity index (χ3n) is 3.13. The maximum absolute atomic E-state index is 6.10. The van der Waals surface area contributed by atoms with Crippen molar-refractivity contribution in [1.29, 1.82) is 0 Å². The zero-order chi connectivity index (χ0) is 13.5. The van der Waals surface area contributed by atoms with Crippen molar-refractivity contribution in [2.24, 2.45) is 5.73 Å². The minimum Gasteiger partial charge on any atom is -0.382 e. The van der Waals surface area contributed by atoms with Crippen molar-refractivity contribution in [2.75, 3.05) is 26.9 Å². The molecule has 0 aromatic carbocycles. The molecule has 0 aliphatic carbocycles. The highest BCUT2D eigenvalue weighted by Crippen LogP contribution is 2.21. The SMILES string of the molecule is CCC(N)c1c(C)nn(CCOCCOC)c1C. The Kier molecular flexibility index (Phi) is 6.32. The van der Waals surface area contributed by atoms with E-state index < -0.39 is 0 Å². The molecule has 1 rings (SSSR count). The van der Waals surface area contributed by atoms with Crippen LogP contribution in [-0.4, -0.2) is 36.7 Å². The van der Waals surface area contributed by atoms with E-state index in [9.17, 15) is 0 Å². The smallest absolute Gasteiger partial charge is 0.0701 e. The molecule has 1 unspecified atom stereocenters. The summed E-state index contributed by atoms with van der Waals surface area (Å²) in [5.74, 6) is 0. The van der Waals surface area contributed by atoms with Gasteiger partial charge >= 0.3 is 0 Å². The van der Waals surface area contributed by atoms with Gasteiger partial charge in [-0.05, 0) is 20.3 Å². The van der Waals surface area contributed by atoms with E-state index in [1.807, 2.05) is 11.6 Å². The Bertz CT molecular complexity index is 363. The van der Waals surface area contributed by atoms with Gasteiger partial charge in [0, 0.05) is 24.4 Å². The topological polar surface area (TPSA) is 62.3 Å². The van der Waals surface area contributed by atoms with Crippen molar-refractivity contribution < 1.29 is 9.47 Å². The Labute approximate surface area is 109 Å². The fourth-order valence-electron chi connectivity index (χ4n) is 2.06. The monoisotopic (exact) mass is 255 g/mol. The maximum Gasteiger partial charge on any atom is 0.0701 e. The van der Waals surface area contributed by atoms with Gasteiger partial charge in [0.25, 0.3) is 0 Å². The molecule has 1 heterocycles. The number of aromatic nitrogens is 2. The molecule has 0 saturated heterocycles. The minimum atomic E-state index is 0.0770. The fourth-order valence-corrected chi connectivity index (χ4v) is 2.06. The Hall–Kier alpha value is -0.910. The molecule has 2 N–H and O–H groups in total. The van der Waals surface area contributed by atoms with Crippen LogP contribution >= 0.6 is 0 Å². The molecule has 0 aliphatic heterocycles. The molecule has 5 heteroatoms. The zero-order valence-electron chi connectivity index (χ0n) is 11.9. The van der Waals surface area contributed by atoms with Gasteiger partial charge in [-0.15, -0.1) is 0 Å². The van der Waals surface area contributed by atoms with Crippen LogP contribution in [0.15, 0.2) is 0 Å². The molecule has 1 atom stereocenters. The van der Waals surface area contributed by atoms with Gasteiger partial charge in [-0.1, -0.05) is 6.92 Å². The molecule has 0 radical (unpaired) electrons. The summed E-state index contributed by atoms with van der Waals surface area (Å²) >= 11 is 0. The molecule has 0 aliphatic rings. The van der Waals surface area contributed by atoms with E-state index in [1.165, 1.54) is 5.56 Å². The number of rotatable bonds is 8. The maximum atomic E-state index is 6.10. The van der Waals surface area contributed by atoms with Gasteiger partial charge in [-0.2, -0.15) is 5.10 Å². The van der Waals surface area contributed by atoms with E-state index in [0.29, 0.717) is 19.8 Å². The minimum absolute atomic E-state index is 0.0770. The Morgan fingerprint density at radius 2 is 2.00 bits per heavy atom. The van der Waals surface area contributed by atoms with Crippen LogP contribution in [0.3, 0.4) is 0 Å². The average molecular weight is 255 g/mol. The molecule has 18 heavy (non-hydrogen) atoms. The number of hydrogen-bond donors (Lipinski definition) is 1. The fraction of sp³-hybridized carbons (Fsp3) is 0.769. The lowest BCUT2D eigenvalue weighted by atomic mass is 10.0. The molecule has 0 saturated carbocycles. The lowest BCUT2D eigenvalue weighted by Crippen LogP contribution is -2.13. The highest BCUT2D eigenvalue weighted by molar-refractivity contribution is 5.27. The van der Waals surface area contributed by atoms with Crippen molar-refractivity contribution in [3.8, 4) is 0 Å². The van der Waals surface area contributed by atoms with Crippen molar-refractivity contribution in [3.63, 3.8) is 0 Å². The first-order chi connectivity index (χ1) is 8.61. The number of hydrogen-bond acceptors (Lipinski definition) is 4. The first-order valence-corrected chi connectivity index (χ1v) is 6.48. The standard InChI is InChI=1S/C13H25N3O2/c1-5-12(14)13-10(2)15-16(11(13)3)6-7-18-9-8-17-4/h12H,5-9,14H2,1-4H3. The number of nitrogens with zero attached hydrogens (tertiary/aromatic N) is 2. The summed E-state index contributed by atoms with van der Waals surface area (Å²) < 4.78 is 12.4. The number of nitrogens with two attached hydrogens (primary N) is 1. The Morgan fingerprint density at radius 3 is 2.61 bits per heavy atom. The first-order valence-electron chi connectivity index (χ1n) is 6.48. The van der Waals surface area contributed by atoms with Crippen molar-refractivity contribution in [2.45, 2.75) is 39.8 Å². The second-order valence-electron chi connectivity index (χ2n) is 4.43. The third kappa shape index (κ3) is 3.80. The van der Waals surface area contributed by atoms with Crippen LogP contribution in [0.5, 0.6) is 0 Å². The van der Waals surface area contributed by atoms with E-state index in [2.05, 4.69) is 18.9 Å². The third-order valence-corrected chi connectivity index (χ3v) is 3.13. The van der Waals surface area contributed by atoms with E-state index in [4.69, 9.17) is 15.2 Å². The van der Waals surface area contributed by atoms with E-state index >= 15 is 0 Å². The molecular weight excluding hydrogens is 230 g/mol. The van der Waals surface area contributed by atoms with Gasteiger partial charge in [0.05, 0.1) is 32.1 Å². The second-order valence-corrected chi connectivity index (χ2v) is 4.43. The van der Waals surface area contributed by atoms with Crippen LogP contribution in [0.2, 0.25) is 0 Å². The lowest BCUT2D eigenvalue weighted by molar-refractivity contribution is 0.0651. The van der Waals surface area contributed by atoms with E-state index in [1.54, 1.807) is 7.11 Å². The van der Waals surface area contributed by atoms with Crippen molar-refractivity contribution >= 4 is 0 Å². The summed E-state index contributed by atoms with van der Waals surface area (Å²) in [7, 11) is 1.67. The normalized spacial score (nSPS) is 12.9. The average Bonchev–Trinajstić information content (AvgIpc) is 2.63. The van der Waals surface area contributed by atoms with Crippen LogP contribution in [0, 0.1) is 13.8 Å². The molecule has 1 aromatic heterocycles. The predicted molar refractivity (Wildman–Crippen MR) is 71.6 cm³/mol. The predicted octanol–water partition coefficient (Wildman–Crippen LogP) is 1.57. The van der Waals surface area contributed by atoms with Gasteiger partial charge in [0.15, 0.2) is 0 Å². The van der Waals surface area contributed by atoms with Crippen LogP contribution in [-0.2, 0) is 16.0 Å². The lowest BCUT2D eigenvalue weighted by Gasteiger charge is -2.10. The first kappa shape index (κ1) is 15.1. The summed E-state index contributed by atoms with van der Waals surface area (Å²) in [6.45, 7) is 8.83. The Morgan fingerprint density at radius 1 is 1.28 bits per heavy atom. The number of ether oxygens (including phenoxy) is 2. The molecule has 0 spiro atoms. The van der Waals surface area contributed by atoms with Gasteiger partial charge in [0.1, 0.15) is 0 Å². The highest BCUT2D eigenvalue weighted by Gasteiger charge is 2.16. The molecule has 0 amide bonds. The van der Waals surface area contributed by atoms with Crippen LogP contribution in [0.25, 0.3) is 0 Å². The number of aryl methyl sites for hydroxylation is 1. The summed E-state index contributed by atoms with van der Waals surface area (Å²) in [6.07, 6.45) is 0.928. The van der Waals surface area contributed by atoms with Gasteiger partial charge < -0.3 is 15.2 Å². The second kappa shape index (κ2) is 7.51. The number of methoxy groups -OCH3 is 1. The summed E-state index contributed by atoms with van der Waals surface area (Å²) in [5, 5.41) is 4.52. The molecule has 104 valence electrons. The molecule has 5 nitrogen and oxygen atoms in total. The van der Waals surface area contributed by atoms with Gasteiger partial charge in [0.2, 0.25) is 0 Å². The summed E-state index contributed by atoms with van der Waals surface area (Å²) in [4.78, 5) is 0. The molecule has 0 fully saturated rings. The summed E-state index contributed by atoms with van der Waals surface area (Å²) in [6, 6.07) is 0.0770. The van der Waals surface area contributed by atoms with Crippen molar-refractivity contribution in [1.82, 2.24) is 9.78 Å². The highest BCUT2D eigenvalue weighted by atomic mass is 16.5. The van der Waals surface area contributed by atoms with Crippen LogP contribution < -0.4 is 5.73 Å². The quantitative estimate of drug-likeness (QED) is 0.716. The molecular formula is C13H25N3O2. The molecule has 1 aromatic rings. The zero-order valence-corrected chi connectivity index (χ0v) is 11.9. The van der Waals surface area contributed by atoms with Crippen molar-refractivity contribution in [3.05, 3.63) is 17.0 Å². The summed E-state index contributed by atoms with van der Waals surface area (Å²) in [5.41, 5.74) is 9.45. The van der Waals surface area contributed by atoms with Gasteiger partial charge in [-0.25, -0.2) is 0 Å². The van der Waals surface area contributed by atoms with Gasteiger partial charge in [-0.3, -0.25) is 4.68 Å². The largest absolute Gasteiger partial charge is 0.382 e. The van der Waals surface area contributed by atoms with E-state index in [0.717, 1.165) is 24.4 Å². The van der Waals surface area contributed by atoms with Crippen LogP contribution in [0.4, 0.5) is 0 Å². The molecule has 0 bridgehead atoms. The Balaban J connectivity index is 2.57.